The van der Waals surface area contributed by atoms with Crippen molar-refractivity contribution in [2.24, 2.45) is 0 Å². The standard InChI is InChI=1S/C37H41F4N5O3S/c1-25-43-32-9-5-6-10-33(32)46(25)30-22-28-12-13-29(23-30)45(28)20-17-36(27-7-3-2-4-8-27)15-18-44(19-16-36)35(47)26-11-14-31(38)34(21-26)50(48,49)42-24-37(39,40)41/h2-11,14,21,28-30,42H,12-13,15-20,22-24H2,1H3/t28-,29+,30?. The van der Waals surface area contributed by atoms with Gasteiger partial charge in [0.05, 0.1) is 11.0 Å². The molecule has 0 aliphatic carbocycles. The molecule has 1 N–H and O–H groups in total. The molecule has 3 atom stereocenters. The molecule has 1 unspecified atom stereocenters. The third kappa shape index (κ3) is 6.79. The molecule has 1 aromatic heterocycles. The van der Waals surface area contributed by atoms with Gasteiger partial charge in [-0.25, -0.2) is 22.5 Å². The second-order valence-corrected chi connectivity index (χ2v) is 15.8. The highest BCUT2D eigenvalue weighted by Gasteiger charge is 2.44. The molecule has 7 rings (SSSR count). The number of carbonyl (C=O) groups excluding carboxylic acids is 1. The number of hydrogen-bond acceptors (Lipinski definition) is 5. The lowest BCUT2D eigenvalue weighted by Gasteiger charge is -2.45. The Morgan fingerprint density at radius 2 is 1.60 bits per heavy atom. The van der Waals surface area contributed by atoms with Crippen LogP contribution in [0.2, 0.25) is 0 Å². The number of amides is 1. The molecular formula is C37H41F4N5O3S. The Bertz CT molecular complexity index is 1960. The van der Waals surface area contributed by atoms with Gasteiger partial charge < -0.3 is 9.47 Å². The third-order valence-electron chi connectivity index (χ3n) is 11.2. The van der Waals surface area contributed by atoms with Crippen LogP contribution in [-0.4, -0.2) is 78.1 Å². The Hall–Kier alpha value is -3.81. The number of likely N-dealkylation sites (tertiary alicyclic amines) is 1. The fraction of sp³-hybridized carbons (Fsp3) is 0.459. The second kappa shape index (κ2) is 13.4. The van der Waals surface area contributed by atoms with Gasteiger partial charge in [0.1, 0.15) is 23.1 Å². The summed E-state index contributed by atoms with van der Waals surface area (Å²) in [7, 11) is -4.84. The van der Waals surface area contributed by atoms with Crippen molar-refractivity contribution in [1.29, 1.82) is 0 Å². The minimum Gasteiger partial charge on any atom is -0.339 e. The molecule has 2 bridgehead atoms. The van der Waals surface area contributed by atoms with Crippen LogP contribution in [0.3, 0.4) is 0 Å². The van der Waals surface area contributed by atoms with Crippen LogP contribution in [0.25, 0.3) is 11.0 Å². The van der Waals surface area contributed by atoms with E-state index in [1.807, 2.05) is 24.3 Å². The van der Waals surface area contributed by atoms with Crippen molar-refractivity contribution in [2.75, 3.05) is 26.2 Å². The van der Waals surface area contributed by atoms with Crippen molar-refractivity contribution in [1.82, 2.24) is 24.1 Å². The van der Waals surface area contributed by atoms with Gasteiger partial charge in [-0.1, -0.05) is 42.5 Å². The number of halogens is 4. The molecule has 3 aliphatic heterocycles. The number of para-hydroxylation sites is 2. The summed E-state index contributed by atoms with van der Waals surface area (Å²) >= 11 is 0. The molecule has 3 aromatic carbocycles. The van der Waals surface area contributed by atoms with Crippen molar-refractivity contribution in [3.8, 4) is 0 Å². The quantitative estimate of drug-likeness (QED) is 0.194. The Balaban J connectivity index is 1.04. The van der Waals surface area contributed by atoms with E-state index in [-0.39, 0.29) is 11.0 Å². The zero-order chi connectivity index (χ0) is 35.3. The predicted molar refractivity (Wildman–Crippen MR) is 182 cm³/mol. The van der Waals surface area contributed by atoms with Crippen LogP contribution < -0.4 is 4.72 Å². The molecule has 0 saturated carbocycles. The summed E-state index contributed by atoms with van der Waals surface area (Å²) in [6, 6.07) is 22.9. The number of alkyl halides is 3. The normalized spacial score (nSPS) is 22.7. The number of fused-ring (bicyclic) bond motifs is 3. The summed E-state index contributed by atoms with van der Waals surface area (Å²) in [5, 5.41) is 0. The van der Waals surface area contributed by atoms with E-state index in [0.717, 1.165) is 49.3 Å². The minimum atomic E-state index is -4.84. The zero-order valence-electron chi connectivity index (χ0n) is 27.9. The van der Waals surface area contributed by atoms with Gasteiger partial charge >= 0.3 is 6.18 Å². The highest BCUT2D eigenvalue weighted by molar-refractivity contribution is 7.89. The Kier molecular flexibility index (Phi) is 9.27. The van der Waals surface area contributed by atoms with Gasteiger partial charge in [-0.3, -0.25) is 9.69 Å². The minimum absolute atomic E-state index is 0.0913. The number of benzene rings is 3. The number of carbonyl (C=O) groups is 1. The zero-order valence-corrected chi connectivity index (χ0v) is 28.7. The van der Waals surface area contributed by atoms with E-state index in [9.17, 15) is 30.8 Å². The van der Waals surface area contributed by atoms with Crippen molar-refractivity contribution in [2.45, 2.75) is 86.5 Å². The van der Waals surface area contributed by atoms with Gasteiger partial charge in [0, 0.05) is 36.8 Å². The highest BCUT2D eigenvalue weighted by Crippen LogP contribution is 2.45. The monoisotopic (exact) mass is 711 g/mol. The third-order valence-corrected chi connectivity index (χ3v) is 12.6. The van der Waals surface area contributed by atoms with Crippen LogP contribution in [-0.2, 0) is 15.4 Å². The fourth-order valence-electron chi connectivity index (χ4n) is 8.68. The van der Waals surface area contributed by atoms with Crippen LogP contribution in [0.15, 0.2) is 77.7 Å². The maximum atomic E-state index is 14.5. The predicted octanol–water partition coefficient (Wildman–Crippen LogP) is 6.76. The van der Waals surface area contributed by atoms with Crippen molar-refractivity contribution in [3.05, 3.63) is 95.6 Å². The largest absolute Gasteiger partial charge is 0.402 e. The van der Waals surface area contributed by atoms with Gasteiger partial charge in [-0.15, -0.1) is 0 Å². The van der Waals surface area contributed by atoms with Gasteiger partial charge in [0.25, 0.3) is 5.91 Å². The maximum absolute atomic E-state index is 14.5. The van der Waals surface area contributed by atoms with E-state index < -0.39 is 39.4 Å². The van der Waals surface area contributed by atoms with Gasteiger partial charge in [0.15, 0.2) is 0 Å². The lowest BCUT2D eigenvalue weighted by Crippen LogP contribution is -2.49. The number of aromatic nitrogens is 2. The van der Waals surface area contributed by atoms with Crippen LogP contribution in [0.1, 0.15) is 72.7 Å². The van der Waals surface area contributed by atoms with Gasteiger partial charge in [-0.05, 0) is 99.7 Å². The first kappa shape index (κ1) is 34.6. The summed E-state index contributed by atoms with van der Waals surface area (Å²) in [6.45, 7) is 2.00. The molecule has 50 heavy (non-hydrogen) atoms. The highest BCUT2D eigenvalue weighted by atomic mass is 32.2. The van der Waals surface area contributed by atoms with E-state index in [1.54, 1.807) is 4.90 Å². The topological polar surface area (TPSA) is 87.5 Å². The van der Waals surface area contributed by atoms with Crippen LogP contribution in [0.4, 0.5) is 17.6 Å². The summed E-state index contributed by atoms with van der Waals surface area (Å²) < 4.78 is 81.4. The number of sulfonamides is 1. The molecule has 4 aromatic rings. The van der Waals surface area contributed by atoms with E-state index in [2.05, 4.69) is 46.7 Å². The summed E-state index contributed by atoms with van der Waals surface area (Å²) in [5.41, 5.74) is 3.19. The van der Waals surface area contributed by atoms with E-state index in [1.165, 1.54) is 34.7 Å². The lowest BCUT2D eigenvalue weighted by atomic mass is 9.70. The average Bonchev–Trinajstić information content (AvgIpc) is 3.56. The molecule has 0 radical (unpaired) electrons. The molecule has 13 heteroatoms. The number of hydrogen-bond donors (Lipinski definition) is 1. The Labute approximate surface area is 289 Å². The SMILES string of the molecule is Cc1nc2ccccc2n1C1C[C@H]2CC[C@@H](C1)N2CCC1(c2ccccc2)CCN(C(=O)c2ccc(F)c(S(=O)(=O)NCC(F)(F)F)c2)CC1. The van der Waals surface area contributed by atoms with Crippen molar-refractivity contribution >= 4 is 27.0 Å². The number of piperidine rings is 2. The number of rotatable bonds is 9. The Morgan fingerprint density at radius 1 is 0.940 bits per heavy atom. The lowest BCUT2D eigenvalue weighted by molar-refractivity contribution is -0.121. The van der Waals surface area contributed by atoms with Crippen LogP contribution >= 0.6 is 0 Å². The first-order chi connectivity index (χ1) is 23.8. The second-order valence-electron chi connectivity index (χ2n) is 14.0. The molecule has 3 fully saturated rings. The molecule has 3 aliphatic rings. The molecule has 3 saturated heterocycles. The van der Waals surface area contributed by atoms with Crippen molar-refractivity contribution in [3.63, 3.8) is 0 Å². The summed E-state index contributed by atoms with van der Waals surface area (Å²) in [5.74, 6) is -0.657. The number of aryl methyl sites for hydroxylation is 1. The first-order valence-corrected chi connectivity index (χ1v) is 18.7. The average molecular weight is 712 g/mol. The molecule has 0 spiro atoms. The Morgan fingerprint density at radius 3 is 2.28 bits per heavy atom. The number of nitrogens with one attached hydrogen (secondary N) is 1. The van der Waals surface area contributed by atoms with Crippen LogP contribution in [0.5, 0.6) is 0 Å². The summed E-state index contributed by atoms with van der Waals surface area (Å²) in [6.07, 6.45) is 2.00. The summed E-state index contributed by atoms with van der Waals surface area (Å²) in [4.78, 5) is 21.8. The fourth-order valence-corrected chi connectivity index (χ4v) is 9.80. The molecule has 266 valence electrons. The van der Waals surface area contributed by atoms with Crippen molar-refractivity contribution < 1.29 is 30.8 Å². The number of nitrogens with zero attached hydrogens (tertiary/aromatic N) is 4. The van der Waals surface area contributed by atoms with Crippen LogP contribution in [0, 0.1) is 12.7 Å². The van der Waals surface area contributed by atoms with E-state index in [0.29, 0.717) is 44.1 Å². The number of imidazole rings is 1. The first-order valence-electron chi connectivity index (χ1n) is 17.2. The molecule has 8 nitrogen and oxygen atoms in total. The van der Waals surface area contributed by atoms with Gasteiger partial charge in [-0.2, -0.15) is 13.2 Å². The maximum Gasteiger partial charge on any atom is 0.402 e. The smallest absolute Gasteiger partial charge is 0.339 e. The molecular weight excluding hydrogens is 670 g/mol. The van der Waals surface area contributed by atoms with E-state index >= 15 is 0 Å². The van der Waals surface area contributed by atoms with E-state index in [4.69, 9.17) is 4.98 Å². The van der Waals surface area contributed by atoms with Gasteiger partial charge in [0.2, 0.25) is 10.0 Å². The molecule has 4 heterocycles. The molecule has 1 amide bonds.